The number of carbonyl (C=O) groups excluding carboxylic acids is 1. The van der Waals surface area contributed by atoms with E-state index < -0.39 is 9.84 Å². The quantitative estimate of drug-likeness (QED) is 0.768. The second kappa shape index (κ2) is 8.28. The summed E-state index contributed by atoms with van der Waals surface area (Å²) in [6.45, 7) is 0. The van der Waals surface area contributed by atoms with E-state index in [0.717, 1.165) is 47.3 Å². The zero-order valence-electron chi connectivity index (χ0n) is 15.7. The van der Waals surface area contributed by atoms with Gasteiger partial charge in [-0.1, -0.05) is 11.6 Å². The lowest BCUT2D eigenvalue weighted by Gasteiger charge is -2.29. The van der Waals surface area contributed by atoms with Crippen LogP contribution in [-0.2, 0) is 14.6 Å². The lowest BCUT2D eigenvalue weighted by Crippen LogP contribution is -2.39. The number of nitrogens with zero attached hydrogens (tertiary/aromatic N) is 1. The van der Waals surface area contributed by atoms with Gasteiger partial charge in [0.1, 0.15) is 0 Å². The predicted octanol–water partition coefficient (Wildman–Crippen LogP) is 4.31. The number of hydrogen-bond acceptors (Lipinski definition) is 5. The Morgan fingerprint density at radius 2 is 2.00 bits per heavy atom. The van der Waals surface area contributed by atoms with Gasteiger partial charge in [-0.05, 0) is 62.6 Å². The summed E-state index contributed by atoms with van der Waals surface area (Å²) in [6, 6.07) is 6.02. The fourth-order valence-corrected chi connectivity index (χ4v) is 7.46. The van der Waals surface area contributed by atoms with Crippen molar-refractivity contribution in [2.45, 2.75) is 56.9 Å². The first-order valence-electron chi connectivity index (χ1n) is 9.94. The second-order valence-corrected chi connectivity index (χ2v) is 11.8. The van der Waals surface area contributed by atoms with Gasteiger partial charge in [-0.3, -0.25) is 4.79 Å². The number of amides is 1. The van der Waals surface area contributed by atoms with Crippen LogP contribution in [0.15, 0.2) is 18.2 Å². The summed E-state index contributed by atoms with van der Waals surface area (Å²) in [5, 5.41) is 5.00. The SMILES string of the molecule is O=C(CC1CCCS(=O)(=O)C1)NC1CCC(c2nc3cc(Cl)ccc3s2)CC1. The van der Waals surface area contributed by atoms with E-state index >= 15 is 0 Å². The van der Waals surface area contributed by atoms with Crippen LogP contribution in [0.2, 0.25) is 5.02 Å². The average molecular weight is 441 g/mol. The van der Waals surface area contributed by atoms with Crippen molar-refractivity contribution in [2.75, 3.05) is 11.5 Å². The molecule has 1 saturated carbocycles. The smallest absolute Gasteiger partial charge is 0.220 e. The van der Waals surface area contributed by atoms with Gasteiger partial charge in [0.25, 0.3) is 0 Å². The summed E-state index contributed by atoms with van der Waals surface area (Å²) in [4.78, 5) is 17.1. The van der Waals surface area contributed by atoms with Crippen molar-refractivity contribution >= 4 is 48.9 Å². The van der Waals surface area contributed by atoms with Crippen LogP contribution in [0.4, 0.5) is 0 Å². The van der Waals surface area contributed by atoms with Gasteiger partial charge in [0.15, 0.2) is 9.84 Å². The Balaban J connectivity index is 1.28. The molecule has 1 unspecified atom stereocenters. The molecule has 2 aliphatic rings. The molecule has 152 valence electrons. The molecular formula is C20H25ClN2O3S2. The van der Waals surface area contributed by atoms with Gasteiger partial charge >= 0.3 is 0 Å². The van der Waals surface area contributed by atoms with Gasteiger partial charge in [-0.2, -0.15) is 0 Å². The van der Waals surface area contributed by atoms with E-state index in [9.17, 15) is 13.2 Å². The number of halogens is 1. The third-order valence-corrected chi connectivity index (χ3v) is 9.16. The van der Waals surface area contributed by atoms with E-state index in [2.05, 4.69) is 5.32 Å². The maximum atomic E-state index is 12.4. The van der Waals surface area contributed by atoms with Gasteiger partial charge < -0.3 is 5.32 Å². The Hall–Kier alpha value is -1.18. The van der Waals surface area contributed by atoms with Gasteiger partial charge in [0.2, 0.25) is 5.91 Å². The maximum Gasteiger partial charge on any atom is 0.220 e. The van der Waals surface area contributed by atoms with Crippen LogP contribution >= 0.6 is 22.9 Å². The van der Waals surface area contributed by atoms with E-state index in [1.807, 2.05) is 18.2 Å². The van der Waals surface area contributed by atoms with Crippen LogP contribution in [0, 0.1) is 5.92 Å². The largest absolute Gasteiger partial charge is 0.353 e. The van der Waals surface area contributed by atoms with Crippen molar-refractivity contribution < 1.29 is 13.2 Å². The summed E-state index contributed by atoms with van der Waals surface area (Å²) < 4.78 is 24.6. The number of aromatic nitrogens is 1. The summed E-state index contributed by atoms with van der Waals surface area (Å²) in [5.41, 5.74) is 0.963. The van der Waals surface area contributed by atoms with Crippen molar-refractivity contribution in [1.29, 1.82) is 0 Å². The van der Waals surface area contributed by atoms with Crippen molar-refractivity contribution in [3.05, 3.63) is 28.2 Å². The number of rotatable bonds is 4. The highest BCUT2D eigenvalue weighted by Gasteiger charge is 2.29. The molecule has 1 saturated heterocycles. The molecule has 4 rings (SSSR count). The molecule has 8 heteroatoms. The number of sulfone groups is 1. The van der Waals surface area contributed by atoms with Gasteiger partial charge in [0, 0.05) is 23.4 Å². The normalized spacial score (nSPS) is 27.5. The molecule has 0 radical (unpaired) electrons. The summed E-state index contributed by atoms with van der Waals surface area (Å²) in [7, 11) is -2.96. The number of nitrogens with one attached hydrogen (secondary N) is 1. The summed E-state index contributed by atoms with van der Waals surface area (Å²) in [5.74, 6) is 0.847. The van der Waals surface area contributed by atoms with Gasteiger partial charge in [0.05, 0.1) is 26.7 Å². The molecule has 2 heterocycles. The third kappa shape index (κ3) is 4.86. The molecule has 1 aromatic heterocycles. The number of thiazole rings is 1. The van der Waals surface area contributed by atoms with Crippen LogP contribution in [0.3, 0.4) is 0 Å². The predicted molar refractivity (Wildman–Crippen MR) is 114 cm³/mol. The van der Waals surface area contributed by atoms with E-state index in [1.54, 1.807) is 11.3 Å². The molecule has 5 nitrogen and oxygen atoms in total. The minimum absolute atomic E-state index is 0.000166. The molecular weight excluding hydrogens is 416 g/mol. The van der Waals surface area contributed by atoms with Gasteiger partial charge in [-0.15, -0.1) is 11.3 Å². The number of carbonyl (C=O) groups is 1. The Morgan fingerprint density at radius 3 is 2.75 bits per heavy atom. The highest BCUT2D eigenvalue weighted by molar-refractivity contribution is 7.91. The third-order valence-electron chi connectivity index (χ3n) is 5.84. The van der Waals surface area contributed by atoms with Crippen LogP contribution in [0.5, 0.6) is 0 Å². The minimum Gasteiger partial charge on any atom is -0.353 e. The first kappa shape index (κ1) is 20.1. The zero-order valence-corrected chi connectivity index (χ0v) is 18.1. The van der Waals surface area contributed by atoms with E-state index in [1.165, 1.54) is 0 Å². The van der Waals surface area contributed by atoms with Crippen LogP contribution < -0.4 is 5.32 Å². The second-order valence-electron chi connectivity index (χ2n) is 8.11. The summed E-state index contributed by atoms with van der Waals surface area (Å²) in [6.07, 6.45) is 5.75. The van der Waals surface area contributed by atoms with Crippen LogP contribution in [-0.4, -0.2) is 36.9 Å². The molecule has 1 aliphatic heterocycles. The van der Waals surface area contributed by atoms with E-state index in [4.69, 9.17) is 16.6 Å². The van der Waals surface area contributed by atoms with Crippen molar-refractivity contribution in [1.82, 2.24) is 10.3 Å². The number of benzene rings is 1. The lowest BCUT2D eigenvalue weighted by atomic mass is 9.86. The van der Waals surface area contributed by atoms with E-state index in [-0.39, 0.29) is 29.4 Å². The Morgan fingerprint density at radius 1 is 1.21 bits per heavy atom. The fraction of sp³-hybridized carbons (Fsp3) is 0.600. The molecule has 1 N–H and O–H groups in total. The highest BCUT2D eigenvalue weighted by atomic mass is 35.5. The maximum absolute atomic E-state index is 12.4. The average Bonchev–Trinajstić information content (AvgIpc) is 3.04. The highest BCUT2D eigenvalue weighted by Crippen LogP contribution is 2.37. The standard InChI is InChI=1S/C20H25ClN2O3S2/c21-15-5-8-18-17(11-15)23-20(27-18)14-3-6-16(7-4-14)22-19(24)10-13-2-1-9-28(25,26)12-13/h5,8,11,13-14,16H,1-4,6-7,9-10,12H2,(H,22,24). The Bertz CT molecular complexity index is 965. The minimum atomic E-state index is -2.96. The Labute approximate surface area is 174 Å². The number of hydrogen-bond donors (Lipinski definition) is 1. The van der Waals surface area contributed by atoms with Crippen LogP contribution in [0.25, 0.3) is 10.2 Å². The molecule has 2 fully saturated rings. The number of fused-ring (bicyclic) bond motifs is 1. The molecule has 1 amide bonds. The molecule has 1 aliphatic carbocycles. The zero-order chi connectivity index (χ0) is 19.7. The fourth-order valence-electron chi connectivity index (χ4n) is 4.41. The first-order chi connectivity index (χ1) is 13.4. The molecule has 1 aromatic carbocycles. The van der Waals surface area contributed by atoms with Crippen molar-refractivity contribution in [3.63, 3.8) is 0 Å². The molecule has 2 aromatic rings. The summed E-state index contributed by atoms with van der Waals surface area (Å²) >= 11 is 7.79. The molecule has 0 spiro atoms. The van der Waals surface area contributed by atoms with Crippen molar-refractivity contribution in [3.8, 4) is 0 Å². The van der Waals surface area contributed by atoms with E-state index in [0.29, 0.717) is 23.8 Å². The van der Waals surface area contributed by atoms with Gasteiger partial charge in [-0.25, -0.2) is 13.4 Å². The Kier molecular flexibility index (Phi) is 5.95. The molecule has 28 heavy (non-hydrogen) atoms. The van der Waals surface area contributed by atoms with Crippen LogP contribution in [0.1, 0.15) is 55.9 Å². The molecule has 1 atom stereocenters. The monoisotopic (exact) mass is 440 g/mol. The van der Waals surface area contributed by atoms with Crippen molar-refractivity contribution in [2.24, 2.45) is 5.92 Å². The lowest BCUT2D eigenvalue weighted by molar-refractivity contribution is -0.122. The first-order valence-corrected chi connectivity index (χ1v) is 13.0. The topological polar surface area (TPSA) is 76.1 Å². The molecule has 0 bridgehead atoms.